The SMILES string of the molecule is CC(=O)Nc1cc(Nc2nc(-c3cn(C)c4cccc(F)c34)c3ccn(SI)c3n2)ccc1N(C)CCN(C)C. The number of hydrogen-bond donors (Lipinski definition) is 2. The zero-order valence-electron chi connectivity index (χ0n) is 22.9. The monoisotopic (exact) mass is 672 g/mol. The molecule has 0 spiro atoms. The molecule has 12 heteroatoms. The zero-order chi connectivity index (χ0) is 28.6. The van der Waals surface area contributed by atoms with Crippen molar-refractivity contribution in [3.8, 4) is 11.3 Å². The van der Waals surface area contributed by atoms with Gasteiger partial charge in [-0.25, -0.2) is 9.37 Å². The molecular weight excluding hydrogens is 642 g/mol. The van der Waals surface area contributed by atoms with Gasteiger partial charge in [-0.2, -0.15) is 4.98 Å². The maximum atomic E-state index is 15.1. The Morgan fingerprint density at radius 3 is 2.65 bits per heavy atom. The lowest BCUT2D eigenvalue weighted by atomic mass is 10.1. The minimum absolute atomic E-state index is 0.158. The number of anilines is 4. The molecular formula is C28H30FIN8OS. The topological polar surface area (TPSA) is 83.2 Å². The second-order valence-corrected chi connectivity index (χ2v) is 11.6. The quantitative estimate of drug-likeness (QED) is 0.179. The van der Waals surface area contributed by atoms with Crippen LogP contribution in [0.5, 0.6) is 0 Å². The van der Waals surface area contributed by atoms with Crippen LogP contribution < -0.4 is 15.5 Å². The number of aromatic nitrogens is 4. The molecule has 40 heavy (non-hydrogen) atoms. The Balaban J connectivity index is 1.59. The van der Waals surface area contributed by atoms with Gasteiger partial charge in [0.05, 0.1) is 22.6 Å². The van der Waals surface area contributed by atoms with Crippen molar-refractivity contribution in [2.24, 2.45) is 7.05 Å². The summed E-state index contributed by atoms with van der Waals surface area (Å²) in [4.78, 5) is 25.9. The van der Waals surface area contributed by atoms with E-state index in [1.807, 2.05) is 79.5 Å². The summed E-state index contributed by atoms with van der Waals surface area (Å²) < 4.78 is 18.9. The predicted octanol–water partition coefficient (Wildman–Crippen LogP) is 6.28. The van der Waals surface area contributed by atoms with Crippen molar-refractivity contribution in [2.45, 2.75) is 6.92 Å². The van der Waals surface area contributed by atoms with Crippen LogP contribution in [0.2, 0.25) is 0 Å². The molecule has 3 aromatic heterocycles. The largest absolute Gasteiger partial charge is 0.372 e. The molecule has 5 aromatic rings. The molecule has 0 unspecified atom stereocenters. The van der Waals surface area contributed by atoms with Crippen LogP contribution in [0.4, 0.5) is 27.4 Å². The van der Waals surface area contributed by atoms with Crippen LogP contribution in [0.25, 0.3) is 33.2 Å². The van der Waals surface area contributed by atoms with Gasteiger partial charge in [0.1, 0.15) is 5.82 Å². The van der Waals surface area contributed by atoms with Gasteiger partial charge in [0.2, 0.25) is 11.9 Å². The molecule has 0 saturated carbocycles. The van der Waals surface area contributed by atoms with E-state index in [0.29, 0.717) is 39.6 Å². The first kappa shape index (κ1) is 28.2. The lowest BCUT2D eigenvalue weighted by Gasteiger charge is -2.24. The van der Waals surface area contributed by atoms with E-state index in [9.17, 15) is 4.79 Å². The van der Waals surface area contributed by atoms with Gasteiger partial charge in [-0.3, -0.25) is 8.77 Å². The normalized spacial score (nSPS) is 11.5. The highest BCUT2D eigenvalue weighted by atomic mass is 127. The van der Waals surface area contributed by atoms with Crippen LogP contribution in [0, 0.1) is 5.82 Å². The summed E-state index contributed by atoms with van der Waals surface area (Å²) >= 11 is 2.21. The first-order valence-corrected chi connectivity index (χ1v) is 15.9. The van der Waals surface area contributed by atoms with E-state index in [-0.39, 0.29) is 11.7 Å². The lowest BCUT2D eigenvalue weighted by Crippen LogP contribution is -2.29. The maximum Gasteiger partial charge on any atom is 0.229 e. The van der Waals surface area contributed by atoms with Gasteiger partial charge in [-0.05, 0) is 50.5 Å². The number of aryl methyl sites for hydroxylation is 1. The molecule has 0 aliphatic heterocycles. The smallest absolute Gasteiger partial charge is 0.229 e. The van der Waals surface area contributed by atoms with Gasteiger partial charge < -0.3 is 25.0 Å². The van der Waals surface area contributed by atoms with E-state index in [1.165, 1.54) is 22.1 Å². The van der Waals surface area contributed by atoms with Crippen LogP contribution in [0.3, 0.4) is 0 Å². The Morgan fingerprint density at radius 1 is 1.12 bits per heavy atom. The first-order chi connectivity index (χ1) is 19.2. The average molecular weight is 673 g/mol. The second-order valence-electron chi connectivity index (χ2n) is 9.89. The third-order valence-corrected chi connectivity index (χ3v) is 8.38. The fraction of sp³-hybridized carbons (Fsp3) is 0.250. The van der Waals surface area contributed by atoms with Crippen molar-refractivity contribution in [3.63, 3.8) is 0 Å². The molecule has 0 radical (unpaired) electrons. The number of rotatable bonds is 9. The molecule has 0 aliphatic rings. The van der Waals surface area contributed by atoms with Crippen LogP contribution >= 0.6 is 30.3 Å². The summed E-state index contributed by atoms with van der Waals surface area (Å²) in [5.74, 6) is -0.0935. The van der Waals surface area contributed by atoms with Crippen LogP contribution in [-0.2, 0) is 11.8 Å². The number of halogens is 2. The Labute approximate surface area is 248 Å². The van der Waals surface area contributed by atoms with E-state index in [2.05, 4.69) is 41.6 Å². The van der Waals surface area contributed by atoms with E-state index >= 15 is 4.39 Å². The third-order valence-electron chi connectivity index (χ3n) is 6.66. The molecule has 0 aliphatic carbocycles. The van der Waals surface area contributed by atoms with E-state index in [0.717, 1.165) is 29.7 Å². The summed E-state index contributed by atoms with van der Waals surface area (Å²) in [5, 5.41) is 7.61. The minimum Gasteiger partial charge on any atom is -0.372 e. The number of benzene rings is 2. The minimum atomic E-state index is -0.300. The Bertz CT molecular complexity index is 1720. The van der Waals surface area contributed by atoms with Crippen molar-refractivity contribution in [2.75, 3.05) is 49.8 Å². The fourth-order valence-electron chi connectivity index (χ4n) is 4.73. The standard InChI is InChI=1S/C28H30FIN8OS/c1-17(39)31-22-15-18(9-10-23(22)36(4)14-13-35(2)3)32-28-33-26(19-11-12-38(40-30)27(19)34-28)20-16-37(5)24-8-6-7-21(29)25(20)24/h6-12,15-16H,13-14H2,1-5H3,(H,31,39)(H,32,33,34). The Hall–Kier alpha value is -3.36. The highest BCUT2D eigenvalue weighted by Gasteiger charge is 2.20. The number of hydrogen-bond acceptors (Lipinski definition) is 7. The highest BCUT2D eigenvalue weighted by molar-refractivity contribution is 14.2. The molecule has 0 fully saturated rings. The summed E-state index contributed by atoms with van der Waals surface area (Å²) in [6.45, 7) is 3.16. The van der Waals surface area contributed by atoms with Crippen molar-refractivity contribution in [1.82, 2.24) is 23.4 Å². The average Bonchev–Trinajstić information content (AvgIpc) is 3.48. The third kappa shape index (κ3) is 5.60. The molecule has 9 nitrogen and oxygen atoms in total. The summed E-state index contributed by atoms with van der Waals surface area (Å²) in [5.41, 5.74) is 5.12. The van der Waals surface area contributed by atoms with Crippen molar-refractivity contribution >= 4 is 81.2 Å². The number of nitrogens with zero attached hydrogens (tertiary/aromatic N) is 6. The Kier molecular flexibility index (Phi) is 8.19. The van der Waals surface area contributed by atoms with Gasteiger partial charge >= 0.3 is 0 Å². The van der Waals surface area contributed by atoms with E-state index < -0.39 is 0 Å². The molecule has 208 valence electrons. The van der Waals surface area contributed by atoms with Crippen LogP contribution in [0.15, 0.2) is 54.9 Å². The molecule has 2 N–H and O–H groups in total. The van der Waals surface area contributed by atoms with Crippen molar-refractivity contribution in [1.29, 1.82) is 0 Å². The number of nitrogens with one attached hydrogen (secondary N) is 2. The molecule has 0 saturated heterocycles. The maximum absolute atomic E-state index is 15.1. The number of carbonyl (C=O) groups excluding carboxylic acids is 1. The van der Waals surface area contributed by atoms with E-state index in [1.54, 1.807) is 6.07 Å². The van der Waals surface area contributed by atoms with Gasteiger partial charge in [0.15, 0.2) is 5.65 Å². The van der Waals surface area contributed by atoms with Gasteiger partial charge in [0, 0.05) is 98.9 Å². The van der Waals surface area contributed by atoms with Gasteiger partial charge in [-0.1, -0.05) is 6.07 Å². The number of amides is 1. The van der Waals surface area contributed by atoms with E-state index in [4.69, 9.17) is 9.97 Å². The number of likely N-dealkylation sites (N-methyl/N-ethyl adjacent to an activating group) is 2. The lowest BCUT2D eigenvalue weighted by molar-refractivity contribution is -0.114. The van der Waals surface area contributed by atoms with Crippen LogP contribution in [-0.4, -0.2) is 63.5 Å². The molecule has 3 heterocycles. The van der Waals surface area contributed by atoms with Crippen molar-refractivity contribution in [3.05, 3.63) is 60.7 Å². The summed E-state index contributed by atoms with van der Waals surface area (Å²) in [6.07, 6.45) is 3.83. The zero-order valence-corrected chi connectivity index (χ0v) is 25.8. The first-order valence-electron chi connectivity index (χ1n) is 12.6. The van der Waals surface area contributed by atoms with Gasteiger partial charge in [0.25, 0.3) is 0 Å². The predicted molar refractivity (Wildman–Crippen MR) is 172 cm³/mol. The Morgan fingerprint density at radius 2 is 1.93 bits per heavy atom. The molecule has 0 atom stereocenters. The molecule has 2 aromatic carbocycles. The van der Waals surface area contributed by atoms with Crippen molar-refractivity contribution < 1.29 is 9.18 Å². The molecule has 5 rings (SSSR count). The summed E-state index contributed by atoms with van der Waals surface area (Å²) in [7, 11) is 9.44. The highest BCUT2D eigenvalue weighted by Crippen LogP contribution is 2.38. The summed E-state index contributed by atoms with van der Waals surface area (Å²) in [6, 6.07) is 12.8. The molecule has 1 amide bonds. The van der Waals surface area contributed by atoms with Gasteiger partial charge in [-0.15, -0.1) is 0 Å². The van der Waals surface area contributed by atoms with Crippen LogP contribution in [0.1, 0.15) is 6.92 Å². The second kappa shape index (κ2) is 11.6. The number of carbonyl (C=O) groups is 1. The molecule has 0 bridgehead atoms. The number of fused-ring (bicyclic) bond motifs is 2. The fourth-order valence-corrected chi connectivity index (χ4v) is 5.99.